The summed E-state index contributed by atoms with van der Waals surface area (Å²) in [5, 5.41) is 11.2. The Hall–Kier alpha value is -2.34. The first kappa shape index (κ1) is 12.7. The highest BCUT2D eigenvalue weighted by Gasteiger charge is 2.12. The lowest BCUT2D eigenvalue weighted by Gasteiger charge is -2.02. The Balaban J connectivity index is 1.81. The zero-order valence-electron chi connectivity index (χ0n) is 10.4. The van der Waals surface area contributed by atoms with E-state index in [0.29, 0.717) is 11.4 Å². The molecule has 0 amide bonds. The van der Waals surface area contributed by atoms with Gasteiger partial charge in [0.15, 0.2) is 0 Å². The minimum atomic E-state index is -1.00. The number of fused-ring (bicyclic) bond motifs is 1. The van der Waals surface area contributed by atoms with E-state index >= 15 is 0 Å². The van der Waals surface area contributed by atoms with Crippen molar-refractivity contribution in [3.05, 3.63) is 54.1 Å². The lowest BCUT2D eigenvalue weighted by molar-refractivity contribution is 0.0695. The van der Waals surface area contributed by atoms with E-state index in [0.717, 1.165) is 15.9 Å². The predicted molar refractivity (Wildman–Crippen MR) is 76.9 cm³/mol. The largest absolute Gasteiger partial charge is 0.478 e. The van der Waals surface area contributed by atoms with Crippen LogP contribution in [0.3, 0.4) is 0 Å². The van der Waals surface area contributed by atoms with Crippen molar-refractivity contribution >= 4 is 28.6 Å². The van der Waals surface area contributed by atoms with Gasteiger partial charge in [-0.05, 0) is 12.1 Å². The number of H-pyrrole nitrogens is 1. The summed E-state index contributed by atoms with van der Waals surface area (Å²) < 4.78 is 0. The molecular weight excluding hydrogens is 274 g/mol. The number of aromatic nitrogens is 3. The van der Waals surface area contributed by atoms with Gasteiger partial charge >= 0.3 is 5.97 Å². The second-order valence-electron chi connectivity index (χ2n) is 4.20. The first-order chi connectivity index (χ1) is 9.74. The Kier molecular flexibility index (Phi) is 3.39. The lowest BCUT2D eigenvalue weighted by Crippen LogP contribution is -2.04. The van der Waals surface area contributed by atoms with Crippen molar-refractivity contribution in [2.45, 2.75) is 10.8 Å². The number of carboxylic acid groups (broad SMARTS) is 1. The Morgan fingerprint density at radius 1 is 1.35 bits per heavy atom. The van der Waals surface area contributed by atoms with Crippen LogP contribution in [0, 0.1) is 0 Å². The van der Waals surface area contributed by atoms with Gasteiger partial charge in [0, 0.05) is 22.9 Å². The lowest BCUT2D eigenvalue weighted by atomic mass is 10.2. The fourth-order valence-corrected chi connectivity index (χ4v) is 2.83. The number of para-hydroxylation sites is 1. The van der Waals surface area contributed by atoms with E-state index in [4.69, 9.17) is 5.11 Å². The summed E-state index contributed by atoms with van der Waals surface area (Å²) in [5.41, 5.74) is 1.74. The van der Waals surface area contributed by atoms with Crippen LogP contribution in [-0.2, 0) is 5.75 Å². The van der Waals surface area contributed by atoms with E-state index in [1.807, 2.05) is 30.3 Å². The fraction of sp³-hybridized carbons (Fsp3) is 0.0714. The number of carbonyl (C=O) groups is 1. The smallest absolute Gasteiger partial charge is 0.339 e. The number of aromatic amines is 1. The first-order valence-electron chi connectivity index (χ1n) is 5.97. The summed E-state index contributed by atoms with van der Waals surface area (Å²) in [6.45, 7) is 0. The molecule has 2 N–H and O–H groups in total. The molecule has 0 saturated carbocycles. The van der Waals surface area contributed by atoms with Crippen LogP contribution in [0.5, 0.6) is 0 Å². The average molecular weight is 285 g/mol. The third kappa shape index (κ3) is 2.50. The molecule has 2 heterocycles. The minimum Gasteiger partial charge on any atom is -0.478 e. The molecule has 0 aliphatic rings. The number of nitrogens with one attached hydrogen (secondary N) is 1. The first-order valence-corrected chi connectivity index (χ1v) is 6.95. The second kappa shape index (κ2) is 5.34. The molecule has 0 aliphatic heterocycles. The third-order valence-corrected chi connectivity index (χ3v) is 3.84. The minimum absolute atomic E-state index is 0.149. The van der Waals surface area contributed by atoms with E-state index in [1.54, 1.807) is 0 Å². The van der Waals surface area contributed by atoms with Gasteiger partial charge in [-0.1, -0.05) is 18.2 Å². The summed E-state index contributed by atoms with van der Waals surface area (Å²) >= 11 is 1.52. The number of carboxylic acids is 1. The second-order valence-corrected chi connectivity index (χ2v) is 5.21. The van der Waals surface area contributed by atoms with Gasteiger partial charge in [-0.15, -0.1) is 11.8 Å². The molecule has 3 aromatic rings. The molecule has 0 radical (unpaired) electrons. The summed E-state index contributed by atoms with van der Waals surface area (Å²) in [7, 11) is 0. The molecule has 1 aromatic carbocycles. The van der Waals surface area contributed by atoms with E-state index in [2.05, 4.69) is 15.0 Å². The highest BCUT2D eigenvalue weighted by Crippen LogP contribution is 2.26. The van der Waals surface area contributed by atoms with Gasteiger partial charge < -0.3 is 10.1 Å². The summed E-state index contributed by atoms with van der Waals surface area (Å²) in [4.78, 5) is 22.2. The number of aromatic carboxylic acids is 1. The predicted octanol–water partition coefficient (Wildman–Crippen LogP) is 2.95. The number of hydrogen-bond donors (Lipinski definition) is 2. The molecule has 0 bridgehead atoms. The van der Waals surface area contributed by atoms with Crippen molar-refractivity contribution in [1.29, 1.82) is 0 Å². The van der Waals surface area contributed by atoms with Crippen LogP contribution in [0.15, 0.2) is 47.9 Å². The van der Waals surface area contributed by atoms with E-state index in [-0.39, 0.29) is 5.56 Å². The molecular formula is C14H11N3O2S. The fourth-order valence-electron chi connectivity index (χ4n) is 1.92. The van der Waals surface area contributed by atoms with Gasteiger partial charge in [0.05, 0.1) is 10.7 Å². The SMILES string of the molecule is O=C(O)c1cncnc1CSc1cc2ccccc2[nH]1. The van der Waals surface area contributed by atoms with Crippen molar-refractivity contribution in [3.8, 4) is 0 Å². The highest BCUT2D eigenvalue weighted by molar-refractivity contribution is 7.98. The van der Waals surface area contributed by atoms with Gasteiger partial charge in [0.25, 0.3) is 0 Å². The van der Waals surface area contributed by atoms with Crippen LogP contribution in [0.2, 0.25) is 0 Å². The maximum absolute atomic E-state index is 11.1. The third-order valence-electron chi connectivity index (χ3n) is 2.89. The maximum Gasteiger partial charge on any atom is 0.339 e. The molecule has 2 aromatic heterocycles. The molecule has 0 saturated heterocycles. The molecule has 20 heavy (non-hydrogen) atoms. The number of thioether (sulfide) groups is 1. The molecule has 0 fully saturated rings. The Morgan fingerprint density at radius 3 is 3.00 bits per heavy atom. The quantitative estimate of drug-likeness (QED) is 0.720. The van der Waals surface area contributed by atoms with Crippen LogP contribution in [0.4, 0.5) is 0 Å². The molecule has 5 nitrogen and oxygen atoms in total. The Morgan fingerprint density at radius 2 is 2.20 bits per heavy atom. The van der Waals surface area contributed by atoms with Gasteiger partial charge in [-0.3, -0.25) is 0 Å². The van der Waals surface area contributed by atoms with Gasteiger partial charge in [0.2, 0.25) is 0 Å². The molecule has 0 atom stereocenters. The van der Waals surface area contributed by atoms with Crippen molar-refractivity contribution < 1.29 is 9.90 Å². The summed E-state index contributed by atoms with van der Waals surface area (Å²) in [6, 6.07) is 10.0. The molecule has 0 aliphatic carbocycles. The molecule has 3 rings (SSSR count). The van der Waals surface area contributed by atoms with Gasteiger partial charge in [0.1, 0.15) is 11.9 Å². The molecule has 100 valence electrons. The maximum atomic E-state index is 11.1. The van der Waals surface area contributed by atoms with Gasteiger partial charge in [-0.25, -0.2) is 14.8 Å². The van der Waals surface area contributed by atoms with Gasteiger partial charge in [-0.2, -0.15) is 0 Å². The standard InChI is InChI=1S/C14H11N3O2S/c18-14(19)10-6-15-8-16-12(10)7-20-13-5-9-3-1-2-4-11(9)17-13/h1-6,8,17H,7H2,(H,18,19). The normalized spacial score (nSPS) is 10.8. The van der Waals surface area contributed by atoms with Crippen LogP contribution in [-0.4, -0.2) is 26.0 Å². The topological polar surface area (TPSA) is 78.9 Å². The summed E-state index contributed by atoms with van der Waals surface area (Å²) in [5.74, 6) is -0.519. The number of benzene rings is 1. The zero-order chi connectivity index (χ0) is 13.9. The van der Waals surface area contributed by atoms with Crippen molar-refractivity contribution in [3.63, 3.8) is 0 Å². The summed E-state index contributed by atoms with van der Waals surface area (Å²) in [6.07, 6.45) is 2.70. The molecule has 0 spiro atoms. The van der Waals surface area contributed by atoms with Crippen molar-refractivity contribution in [2.24, 2.45) is 0 Å². The van der Waals surface area contributed by atoms with Crippen molar-refractivity contribution in [1.82, 2.24) is 15.0 Å². The highest BCUT2D eigenvalue weighted by atomic mass is 32.2. The number of hydrogen-bond acceptors (Lipinski definition) is 4. The Bertz CT molecular complexity index is 737. The Labute approximate surface area is 119 Å². The number of rotatable bonds is 4. The monoisotopic (exact) mass is 285 g/mol. The molecule has 0 unspecified atom stereocenters. The van der Waals surface area contributed by atoms with Crippen LogP contribution >= 0.6 is 11.8 Å². The van der Waals surface area contributed by atoms with Crippen LogP contribution < -0.4 is 0 Å². The number of nitrogens with zero attached hydrogens (tertiary/aromatic N) is 2. The van der Waals surface area contributed by atoms with Crippen molar-refractivity contribution in [2.75, 3.05) is 0 Å². The van der Waals surface area contributed by atoms with E-state index < -0.39 is 5.97 Å². The molecule has 6 heteroatoms. The van der Waals surface area contributed by atoms with Crippen LogP contribution in [0.1, 0.15) is 16.1 Å². The van der Waals surface area contributed by atoms with E-state index in [1.165, 1.54) is 24.3 Å². The van der Waals surface area contributed by atoms with E-state index in [9.17, 15) is 4.79 Å². The average Bonchev–Trinajstić information content (AvgIpc) is 2.88. The van der Waals surface area contributed by atoms with Crippen LogP contribution in [0.25, 0.3) is 10.9 Å². The zero-order valence-corrected chi connectivity index (χ0v) is 11.2.